The van der Waals surface area contributed by atoms with Gasteiger partial charge in [0, 0.05) is 15.4 Å². The molecule has 0 spiro atoms. The standard InChI is InChI=1S/C21H21BrN4O2S/c1-2-3-4-12-29-21-24-20(27)19-16-13-14(22)7-9-17(16)23-18(26(19)25-21)10-8-15-6-5-11-28-15/h5-11,13,18H,2-4,12H2,1H3,(H,24,25,27)/b10-8+. The summed E-state index contributed by atoms with van der Waals surface area (Å²) in [5.74, 6) is 1.48. The molecule has 1 aromatic carbocycles. The van der Waals surface area contributed by atoms with Crippen molar-refractivity contribution in [3.63, 3.8) is 0 Å². The number of hydrazone groups is 1. The predicted molar refractivity (Wildman–Crippen MR) is 119 cm³/mol. The Morgan fingerprint density at radius 3 is 3.03 bits per heavy atom. The topological polar surface area (TPSA) is 70.2 Å². The van der Waals surface area contributed by atoms with Crippen LogP contribution in [0.2, 0.25) is 0 Å². The van der Waals surface area contributed by atoms with Gasteiger partial charge in [-0.05, 0) is 48.9 Å². The van der Waals surface area contributed by atoms with Crippen molar-refractivity contribution in [3.05, 3.63) is 63.5 Å². The van der Waals surface area contributed by atoms with Crippen LogP contribution in [-0.4, -0.2) is 28.0 Å². The molecule has 2 aromatic rings. The van der Waals surface area contributed by atoms with Crippen LogP contribution in [0.1, 0.15) is 31.9 Å². The van der Waals surface area contributed by atoms with E-state index in [0.29, 0.717) is 10.9 Å². The van der Waals surface area contributed by atoms with Crippen LogP contribution in [0.15, 0.2) is 61.7 Å². The number of fused-ring (bicyclic) bond motifs is 2. The van der Waals surface area contributed by atoms with Gasteiger partial charge in [-0.25, -0.2) is 5.01 Å². The van der Waals surface area contributed by atoms with Crippen molar-refractivity contribution in [2.24, 2.45) is 10.1 Å². The average molecular weight is 473 g/mol. The van der Waals surface area contributed by atoms with Crippen molar-refractivity contribution < 1.29 is 9.21 Å². The van der Waals surface area contributed by atoms with Crippen molar-refractivity contribution in [2.45, 2.75) is 32.4 Å². The summed E-state index contributed by atoms with van der Waals surface area (Å²) < 4.78 is 6.27. The lowest BCUT2D eigenvalue weighted by molar-refractivity contribution is -0.116. The van der Waals surface area contributed by atoms with Gasteiger partial charge in [-0.15, -0.1) is 5.10 Å². The Kier molecular flexibility index (Phi) is 6.20. The van der Waals surface area contributed by atoms with Gasteiger partial charge in [-0.1, -0.05) is 47.5 Å². The predicted octanol–water partition coefficient (Wildman–Crippen LogP) is 3.45. The number of amides is 1. The summed E-state index contributed by atoms with van der Waals surface area (Å²) in [5.41, 5.74) is 0.503. The second-order valence-corrected chi connectivity index (χ2v) is 8.69. The normalized spacial score (nSPS) is 18.2. The largest absolute Gasteiger partial charge is 0.465 e. The number of rotatable bonds is 6. The number of thioether (sulfide) groups is 1. The third kappa shape index (κ3) is 4.48. The molecule has 0 saturated carbocycles. The Balaban J connectivity index is 1.72. The molecule has 8 heteroatoms. The first kappa shape index (κ1) is 20.0. The first-order valence-electron chi connectivity index (χ1n) is 9.57. The minimum absolute atomic E-state index is 0.163. The summed E-state index contributed by atoms with van der Waals surface area (Å²) >= 11 is 5.06. The molecule has 0 radical (unpaired) electrons. The van der Waals surface area contributed by atoms with E-state index in [2.05, 4.69) is 28.2 Å². The fourth-order valence-corrected chi connectivity index (χ4v) is 4.37. The molecule has 29 heavy (non-hydrogen) atoms. The van der Waals surface area contributed by atoms with E-state index in [9.17, 15) is 4.79 Å². The third-order valence-corrected chi connectivity index (χ3v) is 6.00. The highest BCUT2D eigenvalue weighted by Crippen LogP contribution is 2.23. The number of amidine groups is 1. The molecular weight excluding hydrogens is 452 g/mol. The van der Waals surface area contributed by atoms with Gasteiger partial charge in [0.2, 0.25) is 0 Å². The maximum Gasteiger partial charge on any atom is 0.276 e. The van der Waals surface area contributed by atoms with E-state index in [4.69, 9.17) is 14.5 Å². The van der Waals surface area contributed by atoms with E-state index >= 15 is 0 Å². The Labute approximate surface area is 181 Å². The lowest BCUT2D eigenvalue weighted by Crippen LogP contribution is -2.52. The maximum atomic E-state index is 13.0. The Bertz CT molecular complexity index is 1080. The molecule has 150 valence electrons. The molecule has 1 N–H and O–H groups in total. The minimum Gasteiger partial charge on any atom is -0.465 e. The molecular formula is C21H21BrN4O2S. The van der Waals surface area contributed by atoms with Gasteiger partial charge in [0.1, 0.15) is 11.5 Å². The van der Waals surface area contributed by atoms with Crippen LogP contribution >= 0.6 is 27.7 Å². The second-order valence-electron chi connectivity index (χ2n) is 6.69. The number of carbonyl (C=O) groups is 1. The van der Waals surface area contributed by atoms with Crippen LogP contribution in [0, 0.1) is 0 Å². The molecule has 3 heterocycles. The molecule has 0 bridgehead atoms. The highest BCUT2D eigenvalue weighted by atomic mass is 79.9. The lowest BCUT2D eigenvalue weighted by Gasteiger charge is -2.32. The Morgan fingerprint density at radius 1 is 1.34 bits per heavy atom. The van der Waals surface area contributed by atoms with Gasteiger partial charge in [0.15, 0.2) is 11.3 Å². The number of halogens is 1. The SMILES string of the molecule is CCCCCSC1=NN2C(=c3cc(Br)ccc3=NC2/C=C/c2ccco2)C(=O)N1. The molecule has 1 amide bonds. The van der Waals surface area contributed by atoms with E-state index in [-0.39, 0.29) is 5.91 Å². The van der Waals surface area contributed by atoms with Gasteiger partial charge in [0.05, 0.1) is 11.6 Å². The Morgan fingerprint density at radius 2 is 2.24 bits per heavy atom. The highest BCUT2D eigenvalue weighted by molar-refractivity contribution is 9.10. The quantitative estimate of drug-likeness (QED) is 0.653. The van der Waals surface area contributed by atoms with Gasteiger partial charge < -0.3 is 4.42 Å². The fourth-order valence-electron chi connectivity index (χ4n) is 3.16. The van der Waals surface area contributed by atoms with Crippen LogP contribution in [0.3, 0.4) is 0 Å². The molecule has 6 nitrogen and oxygen atoms in total. The third-order valence-electron chi connectivity index (χ3n) is 4.56. The molecule has 2 aliphatic heterocycles. The monoisotopic (exact) mass is 472 g/mol. The molecule has 0 saturated heterocycles. The molecule has 0 fully saturated rings. The number of furan rings is 1. The summed E-state index contributed by atoms with van der Waals surface area (Å²) in [4.78, 5) is 17.8. The molecule has 0 aliphatic carbocycles. The van der Waals surface area contributed by atoms with E-state index in [0.717, 1.165) is 39.4 Å². The zero-order valence-corrected chi connectivity index (χ0v) is 18.4. The fraction of sp³-hybridized carbons (Fsp3) is 0.286. The van der Waals surface area contributed by atoms with Crippen LogP contribution < -0.4 is 15.9 Å². The summed E-state index contributed by atoms with van der Waals surface area (Å²) in [6.07, 6.45) is 8.36. The zero-order chi connectivity index (χ0) is 20.2. The van der Waals surface area contributed by atoms with Crippen molar-refractivity contribution >= 4 is 50.5 Å². The number of nitrogens with zero attached hydrogens (tertiary/aromatic N) is 3. The molecule has 1 aromatic heterocycles. The van der Waals surface area contributed by atoms with Crippen molar-refractivity contribution in [2.75, 3.05) is 5.75 Å². The van der Waals surface area contributed by atoms with Crippen LogP contribution in [0.4, 0.5) is 0 Å². The van der Waals surface area contributed by atoms with Gasteiger partial charge in [-0.3, -0.25) is 15.1 Å². The number of hydrogen-bond donors (Lipinski definition) is 1. The highest BCUT2D eigenvalue weighted by Gasteiger charge is 2.32. The molecule has 1 unspecified atom stereocenters. The van der Waals surface area contributed by atoms with Gasteiger partial charge >= 0.3 is 0 Å². The summed E-state index contributed by atoms with van der Waals surface area (Å²) in [6, 6.07) is 9.44. The number of hydrogen-bond acceptors (Lipinski definition) is 6. The molecule has 1 atom stereocenters. The summed E-state index contributed by atoms with van der Waals surface area (Å²) in [5, 5.41) is 11.5. The number of unbranched alkanes of at least 4 members (excludes halogenated alkanes) is 2. The van der Waals surface area contributed by atoms with Crippen molar-refractivity contribution in [1.29, 1.82) is 0 Å². The first-order valence-corrected chi connectivity index (χ1v) is 11.3. The van der Waals surface area contributed by atoms with E-state index < -0.39 is 6.17 Å². The van der Waals surface area contributed by atoms with Gasteiger partial charge in [-0.2, -0.15) is 0 Å². The van der Waals surface area contributed by atoms with Crippen molar-refractivity contribution in [1.82, 2.24) is 10.3 Å². The average Bonchev–Trinajstić information content (AvgIpc) is 3.23. The summed E-state index contributed by atoms with van der Waals surface area (Å²) in [6.45, 7) is 2.17. The second kappa shape index (κ2) is 9.00. The number of nitrogens with one attached hydrogen (secondary N) is 1. The Hall–Kier alpha value is -2.32. The van der Waals surface area contributed by atoms with Crippen molar-refractivity contribution in [3.8, 4) is 0 Å². The number of benzene rings is 1. The number of carbonyl (C=O) groups excluding carboxylic acids is 1. The zero-order valence-electron chi connectivity index (χ0n) is 16.0. The van der Waals surface area contributed by atoms with E-state index in [1.54, 1.807) is 23.0 Å². The van der Waals surface area contributed by atoms with E-state index in [1.807, 2.05) is 42.5 Å². The smallest absolute Gasteiger partial charge is 0.276 e. The summed E-state index contributed by atoms with van der Waals surface area (Å²) in [7, 11) is 0. The van der Waals surface area contributed by atoms with E-state index in [1.165, 1.54) is 6.42 Å². The van der Waals surface area contributed by atoms with Gasteiger partial charge in [0.25, 0.3) is 5.91 Å². The lowest BCUT2D eigenvalue weighted by atomic mass is 10.1. The minimum atomic E-state index is -0.430. The van der Waals surface area contributed by atoms with Crippen LogP contribution in [-0.2, 0) is 4.79 Å². The molecule has 2 aliphatic rings. The van der Waals surface area contributed by atoms with Crippen LogP contribution in [0.5, 0.6) is 0 Å². The molecule has 4 rings (SSSR count). The van der Waals surface area contributed by atoms with Crippen LogP contribution in [0.25, 0.3) is 11.8 Å². The maximum absolute atomic E-state index is 13.0. The first-order chi connectivity index (χ1) is 14.2.